The van der Waals surface area contributed by atoms with E-state index in [-0.39, 0.29) is 16.1 Å². The van der Waals surface area contributed by atoms with Gasteiger partial charge in [0.1, 0.15) is 12.4 Å². The summed E-state index contributed by atoms with van der Waals surface area (Å²) in [4.78, 5) is 0. The Morgan fingerprint density at radius 2 is 1.97 bits per heavy atom. The van der Waals surface area contributed by atoms with E-state index in [0.717, 1.165) is 0 Å². The van der Waals surface area contributed by atoms with Gasteiger partial charge in [-0.05, 0) is 34.7 Å². The topological polar surface area (TPSA) is 115 Å². The summed E-state index contributed by atoms with van der Waals surface area (Å²) in [7, 11) is 1.53. The van der Waals surface area contributed by atoms with Crippen LogP contribution in [0.3, 0.4) is 0 Å². The lowest BCUT2D eigenvalue weighted by Crippen LogP contribution is -2.36. The fourth-order valence-electron chi connectivity index (χ4n) is 4.06. The van der Waals surface area contributed by atoms with Gasteiger partial charge in [0.15, 0.2) is 12.0 Å². The Labute approximate surface area is 218 Å². The second kappa shape index (κ2) is 10.6. The van der Waals surface area contributed by atoms with Crippen LogP contribution in [0.1, 0.15) is 24.7 Å². The number of halogens is 4. The summed E-state index contributed by atoms with van der Waals surface area (Å²) < 4.78 is 50.2. The van der Waals surface area contributed by atoms with E-state index in [9.17, 15) is 14.0 Å². The highest BCUT2D eigenvalue weighted by Gasteiger charge is 2.26. The average molecular weight is 546 g/mol. The molecule has 4 heterocycles. The van der Waals surface area contributed by atoms with E-state index in [1.165, 1.54) is 53.5 Å². The Morgan fingerprint density at radius 3 is 2.66 bits per heavy atom. The molecule has 15 heteroatoms. The first kappa shape index (κ1) is 25.4. The lowest BCUT2D eigenvalue weighted by atomic mass is 10.0. The van der Waals surface area contributed by atoms with E-state index < -0.39 is 18.4 Å². The summed E-state index contributed by atoms with van der Waals surface area (Å²) in [6.07, 6.45) is 7.15. The maximum atomic E-state index is 15.2. The third-order valence-corrected chi connectivity index (χ3v) is 6.16. The third kappa shape index (κ3) is 4.82. The van der Waals surface area contributed by atoms with Gasteiger partial charge in [-0.1, -0.05) is 11.6 Å². The van der Waals surface area contributed by atoms with E-state index >= 15 is 4.39 Å². The number of methoxy groups -OCH3 is 1. The molecule has 0 aliphatic carbocycles. The molecule has 196 valence electrons. The van der Waals surface area contributed by atoms with Crippen LogP contribution in [0, 0.1) is 11.0 Å². The van der Waals surface area contributed by atoms with Crippen molar-refractivity contribution in [3.05, 3.63) is 83.2 Å². The van der Waals surface area contributed by atoms with Crippen LogP contribution in [0.5, 0.6) is 0 Å². The summed E-state index contributed by atoms with van der Waals surface area (Å²) in [6, 6.07) is 6.91. The molecule has 5 aromatic rings. The summed E-state index contributed by atoms with van der Waals surface area (Å²) >= 11 is 6.03. The molecule has 11 nitrogen and oxygen atoms in total. The molecule has 1 atom stereocenters. The zero-order chi connectivity index (χ0) is 26.8. The number of nitrogens with zero attached hydrogens (tertiary/aromatic N) is 9. The highest BCUT2D eigenvalue weighted by atomic mass is 35.5. The van der Waals surface area contributed by atoms with Gasteiger partial charge < -0.3 is 9.94 Å². The van der Waals surface area contributed by atoms with E-state index in [0.29, 0.717) is 45.1 Å². The average Bonchev–Trinajstić information content (AvgIpc) is 3.68. The van der Waals surface area contributed by atoms with Crippen LogP contribution >= 0.6 is 11.6 Å². The number of benzene rings is 1. The zero-order valence-corrected chi connectivity index (χ0v) is 20.5. The third-order valence-electron chi connectivity index (χ3n) is 5.86. The molecule has 38 heavy (non-hydrogen) atoms. The number of tetrazole rings is 1. The monoisotopic (exact) mass is 545 g/mol. The lowest BCUT2D eigenvalue weighted by molar-refractivity contribution is -0.615. The van der Waals surface area contributed by atoms with Crippen LogP contribution in [0.2, 0.25) is 5.02 Å². The van der Waals surface area contributed by atoms with Crippen LogP contribution in [-0.2, 0) is 4.74 Å². The predicted octanol–water partition coefficient (Wildman–Crippen LogP) is 3.84. The Balaban J connectivity index is 1.53. The van der Waals surface area contributed by atoms with Crippen molar-refractivity contribution in [2.45, 2.75) is 19.0 Å². The molecule has 0 bridgehead atoms. The first-order valence-corrected chi connectivity index (χ1v) is 11.6. The molecule has 0 amide bonds. The molecule has 0 N–H and O–H groups in total. The Bertz CT molecular complexity index is 1560. The number of hydrogen-bond donors (Lipinski definition) is 0. The number of ether oxygens (including phenoxy) is 1. The van der Waals surface area contributed by atoms with Crippen LogP contribution in [-0.4, -0.2) is 53.5 Å². The fraction of sp³-hybridized carbons (Fsp3) is 0.217. The van der Waals surface area contributed by atoms with Crippen molar-refractivity contribution in [1.82, 2.24) is 39.8 Å². The second-order valence-electron chi connectivity index (χ2n) is 8.14. The fourth-order valence-corrected chi connectivity index (χ4v) is 4.22. The van der Waals surface area contributed by atoms with Crippen LogP contribution in [0.4, 0.5) is 13.2 Å². The van der Waals surface area contributed by atoms with E-state index in [2.05, 4.69) is 25.7 Å². The molecule has 5 rings (SSSR count). The number of hydrogen-bond acceptors (Lipinski definition) is 7. The van der Waals surface area contributed by atoms with Crippen molar-refractivity contribution >= 4 is 11.6 Å². The van der Waals surface area contributed by atoms with Gasteiger partial charge in [-0.2, -0.15) is 28.4 Å². The zero-order valence-electron chi connectivity index (χ0n) is 19.7. The second-order valence-corrected chi connectivity index (χ2v) is 8.55. The molecule has 0 unspecified atom stereocenters. The molecule has 0 fully saturated rings. The van der Waals surface area contributed by atoms with Gasteiger partial charge in [0.05, 0.1) is 33.7 Å². The van der Waals surface area contributed by atoms with E-state index in [4.69, 9.17) is 16.3 Å². The maximum Gasteiger partial charge on any atom is 0.333 e. The minimum Gasteiger partial charge on any atom is -0.618 e. The Morgan fingerprint density at radius 1 is 1.13 bits per heavy atom. The molecule has 4 aromatic heterocycles. The van der Waals surface area contributed by atoms with Crippen LogP contribution in [0.25, 0.3) is 28.1 Å². The first-order chi connectivity index (χ1) is 18.4. The van der Waals surface area contributed by atoms with Crippen molar-refractivity contribution in [3.8, 4) is 28.1 Å². The summed E-state index contributed by atoms with van der Waals surface area (Å²) in [6.45, 7) is -2.47. The number of pyridine rings is 1. The summed E-state index contributed by atoms with van der Waals surface area (Å²) in [5.41, 5.74) is 1.68. The SMILES string of the molecule is COCC[C@H](c1ccc(-c2c(-n3cnnn3)ccc(Cl)c2F)c[n+]1[O-])n1cc(-c2ccn(C(F)F)n2)cn1. The molecule has 0 saturated carbocycles. The normalized spacial score (nSPS) is 12.4. The lowest BCUT2D eigenvalue weighted by Gasteiger charge is -2.18. The number of aromatic nitrogens is 9. The van der Waals surface area contributed by atoms with Gasteiger partial charge in [0, 0.05) is 44.2 Å². The van der Waals surface area contributed by atoms with Crippen molar-refractivity contribution in [2.75, 3.05) is 13.7 Å². The summed E-state index contributed by atoms with van der Waals surface area (Å²) in [5.74, 6) is -0.733. The van der Waals surface area contributed by atoms with Gasteiger partial charge >= 0.3 is 6.55 Å². The quantitative estimate of drug-likeness (QED) is 0.204. The molecular formula is C23H19ClF3N9O2. The van der Waals surface area contributed by atoms with Crippen molar-refractivity contribution in [3.63, 3.8) is 0 Å². The van der Waals surface area contributed by atoms with Gasteiger partial charge in [-0.3, -0.25) is 4.68 Å². The Hall–Kier alpha value is -4.30. The minimum atomic E-state index is -2.77. The maximum absolute atomic E-state index is 15.2. The minimum absolute atomic E-state index is 0.0467. The van der Waals surface area contributed by atoms with E-state index in [1.807, 2.05) is 0 Å². The molecule has 0 aliphatic heterocycles. The Kier molecular flexibility index (Phi) is 7.07. The highest BCUT2D eigenvalue weighted by Crippen LogP contribution is 2.33. The molecule has 0 radical (unpaired) electrons. The predicted molar refractivity (Wildman–Crippen MR) is 128 cm³/mol. The van der Waals surface area contributed by atoms with Crippen LogP contribution < -0.4 is 4.73 Å². The first-order valence-electron chi connectivity index (χ1n) is 11.2. The molecule has 0 aliphatic rings. The van der Waals surface area contributed by atoms with Crippen LogP contribution in [0.15, 0.2) is 61.4 Å². The molecule has 1 aromatic carbocycles. The van der Waals surface area contributed by atoms with Gasteiger partial charge in [-0.25, -0.2) is 9.07 Å². The number of alkyl halides is 2. The largest absolute Gasteiger partial charge is 0.618 e. The van der Waals surface area contributed by atoms with E-state index in [1.54, 1.807) is 24.4 Å². The van der Waals surface area contributed by atoms with Crippen molar-refractivity contribution < 1.29 is 22.6 Å². The highest BCUT2D eigenvalue weighted by molar-refractivity contribution is 6.31. The number of rotatable bonds is 9. The van der Waals surface area contributed by atoms with Crippen molar-refractivity contribution in [2.24, 2.45) is 0 Å². The molecule has 0 saturated heterocycles. The van der Waals surface area contributed by atoms with Crippen molar-refractivity contribution in [1.29, 1.82) is 0 Å². The smallest absolute Gasteiger partial charge is 0.333 e. The van der Waals surface area contributed by atoms with Gasteiger partial charge in [0.25, 0.3) is 0 Å². The van der Waals surface area contributed by atoms with Gasteiger partial charge in [0.2, 0.25) is 5.69 Å². The summed E-state index contributed by atoms with van der Waals surface area (Å²) in [5, 5.41) is 32.3. The molecular weight excluding hydrogens is 527 g/mol. The van der Waals surface area contributed by atoms with Gasteiger partial charge in [-0.15, -0.1) is 5.10 Å². The standard InChI is InChI=1S/C23H19ClF3N9O2/c1-38-9-7-18(34-11-15(10-29-34)17-6-8-33(30-17)23(26)27)19-4-2-14(12-36(19)37)21-20(35-13-28-31-32-35)5-3-16(24)22(21)25/h2-6,8,10-13,18,23H,7,9H2,1H3/t18-/m1/s1. The molecule has 0 spiro atoms.